The van der Waals surface area contributed by atoms with Crippen molar-refractivity contribution in [3.63, 3.8) is 0 Å². The van der Waals surface area contributed by atoms with E-state index in [4.69, 9.17) is 10.5 Å². The van der Waals surface area contributed by atoms with Gasteiger partial charge < -0.3 is 15.8 Å². The van der Waals surface area contributed by atoms with Crippen molar-refractivity contribution in [1.29, 1.82) is 0 Å². The summed E-state index contributed by atoms with van der Waals surface area (Å²) in [5.41, 5.74) is 7.63. The van der Waals surface area contributed by atoms with E-state index in [9.17, 15) is 0 Å². The molecule has 19 heavy (non-hydrogen) atoms. The van der Waals surface area contributed by atoms with Gasteiger partial charge in [-0.2, -0.15) is 11.8 Å². The van der Waals surface area contributed by atoms with Gasteiger partial charge in [-0.1, -0.05) is 0 Å². The molecule has 5 heteroatoms. The van der Waals surface area contributed by atoms with Gasteiger partial charge in [0.1, 0.15) is 5.75 Å². The maximum atomic E-state index is 5.86. The van der Waals surface area contributed by atoms with Crippen molar-refractivity contribution in [3.8, 4) is 5.75 Å². The van der Waals surface area contributed by atoms with Gasteiger partial charge in [-0.3, -0.25) is 4.90 Å². The van der Waals surface area contributed by atoms with E-state index in [0.29, 0.717) is 12.3 Å². The predicted octanol–water partition coefficient (Wildman–Crippen LogP) is 2.13. The van der Waals surface area contributed by atoms with Crippen LogP contribution in [0.1, 0.15) is 6.92 Å². The zero-order chi connectivity index (χ0) is 13.5. The largest absolute Gasteiger partial charge is 0.492 e. The highest BCUT2D eigenvalue weighted by atomic mass is 32.2. The quantitative estimate of drug-likeness (QED) is 0.782. The van der Waals surface area contributed by atoms with E-state index in [2.05, 4.69) is 10.2 Å². The Balaban J connectivity index is 1.80. The molecule has 1 heterocycles. The number of hydrogen-bond acceptors (Lipinski definition) is 5. The van der Waals surface area contributed by atoms with Crippen molar-refractivity contribution in [3.05, 3.63) is 18.2 Å². The summed E-state index contributed by atoms with van der Waals surface area (Å²) in [4.78, 5) is 2.50. The Bertz CT molecular complexity index is 394. The number of rotatable bonds is 6. The molecule has 106 valence electrons. The summed E-state index contributed by atoms with van der Waals surface area (Å²) in [5, 5.41) is 3.43. The summed E-state index contributed by atoms with van der Waals surface area (Å²) >= 11 is 2.05. The topological polar surface area (TPSA) is 50.5 Å². The summed E-state index contributed by atoms with van der Waals surface area (Å²) in [6.45, 7) is 7.07. The highest BCUT2D eigenvalue weighted by Crippen LogP contribution is 2.25. The number of ether oxygens (including phenoxy) is 1. The minimum absolute atomic E-state index is 0.638. The molecule has 0 radical (unpaired) electrons. The maximum Gasteiger partial charge on any atom is 0.144 e. The number of anilines is 2. The van der Waals surface area contributed by atoms with Gasteiger partial charge in [-0.05, 0) is 19.1 Å². The molecule has 0 unspecified atom stereocenters. The van der Waals surface area contributed by atoms with Crippen molar-refractivity contribution < 1.29 is 4.74 Å². The van der Waals surface area contributed by atoms with Crippen molar-refractivity contribution in [2.24, 2.45) is 0 Å². The Kier molecular flexibility index (Phi) is 5.66. The van der Waals surface area contributed by atoms with Crippen LogP contribution in [0, 0.1) is 0 Å². The van der Waals surface area contributed by atoms with Crippen LogP contribution in [0.15, 0.2) is 18.2 Å². The molecule has 1 aromatic carbocycles. The fraction of sp³-hybridized carbons (Fsp3) is 0.571. The van der Waals surface area contributed by atoms with Gasteiger partial charge in [0.05, 0.1) is 12.3 Å². The highest BCUT2D eigenvalue weighted by molar-refractivity contribution is 7.99. The summed E-state index contributed by atoms with van der Waals surface area (Å²) in [7, 11) is 0. The monoisotopic (exact) mass is 281 g/mol. The summed E-state index contributed by atoms with van der Waals surface area (Å²) in [5.74, 6) is 3.29. The first kappa shape index (κ1) is 14.3. The predicted molar refractivity (Wildman–Crippen MR) is 84.3 cm³/mol. The number of nitrogen functional groups attached to an aromatic ring is 1. The third-order valence-electron chi connectivity index (χ3n) is 3.17. The van der Waals surface area contributed by atoms with Crippen LogP contribution in [0.2, 0.25) is 0 Å². The number of nitrogens with two attached hydrogens (primary N) is 1. The lowest BCUT2D eigenvalue weighted by Gasteiger charge is -2.26. The van der Waals surface area contributed by atoms with Gasteiger partial charge in [0.15, 0.2) is 0 Å². The number of thioether (sulfide) groups is 1. The third kappa shape index (κ3) is 4.51. The molecule has 1 saturated heterocycles. The summed E-state index contributed by atoms with van der Waals surface area (Å²) in [6, 6.07) is 5.87. The number of nitrogens with one attached hydrogen (secondary N) is 1. The molecule has 0 bridgehead atoms. The smallest absolute Gasteiger partial charge is 0.144 e. The van der Waals surface area contributed by atoms with Gasteiger partial charge in [0.2, 0.25) is 0 Å². The first-order valence-electron chi connectivity index (χ1n) is 6.86. The SMILES string of the molecule is CCOc1cc(NCCN2CCSCC2)ccc1N. The molecule has 1 aliphatic rings. The molecular weight excluding hydrogens is 258 g/mol. The van der Waals surface area contributed by atoms with Crippen LogP contribution in [-0.2, 0) is 0 Å². The average molecular weight is 281 g/mol. The third-order valence-corrected chi connectivity index (χ3v) is 4.12. The van der Waals surface area contributed by atoms with E-state index < -0.39 is 0 Å². The minimum atomic E-state index is 0.638. The van der Waals surface area contributed by atoms with Crippen LogP contribution in [0.3, 0.4) is 0 Å². The van der Waals surface area contributed by atoms with Gasteiger partial charge in [0, 0.05) is 49.4 Å². The maximum absolute atomic E-state index is 5.86. The van der Waals surface area contributed by atoms with E-state index in [1.165, 1.54) is 24.6 Å². The van der Waals surface area contributed by atoms with Crippen LogP contribution in [0.25, 0.3) is 0 Å². The zero-order valence-electron chi connectivity index (χ0n) is 11.5. The van der Waals surface area contributed by atoms with Crippen LogP contribution in [-0.4, -0.2) is 49.2 Å². The fourth-order valence-corrected chi connectivity index (χ4v) is 3.09. The lowest BCUT2D eigenvalue weighted by Crippen LogP contribution is -2.36. The minimum Gasteiger partial charge on any atom is -0.492 e. The molecule has 0 amide bonds. The van der Waals surface area contributed by atoms with E-state index in [-0.39, 0.29) is 0 Å². The number of hydrogen-bond donors (Lipinski definition) is 2. The molecule has 2 rings (SSSR count). The van der Waals surface area contributed by atoms with Gasteiger partial charge >= 0.3 is 0 Å². The first-order valence-corrected chi connectivity index (χ1v) is 8.01. The second-order valence-corrected chi connectivity index (χ2v) is 5.79. The number of nitrogens with zero attached hydrogens (tertiary/aromatic N) is 1. The summed E-state index contributed by atoms with van der Waals surface area (Å²) in [6.07, 6.45) is 0. The standard InChI is InChI=1S/C14H23N3OS/c1-2-18-14-11-12(3-4-13(14)15)16-5-6-17-7-9-19-10-8-17/h3-4,11,16H,2,5-10,15H2,1H3. The Morgan fingerprint density at radius 2 is 2.16 bits per heavy atom. The molecule has 0 aromatic heterocycles. The van der Waals surface area contributed by atoms with Crippen LogP contribution >= 0.6 is 11.8 Å². The Labute approximate surface area is 119 Å². The molecule has 0 aliphatic carbocycles. The summed E-state index contributed by atoms with van der Waals surface area (Å²) < 4.78 is 5.50. The molecule has 1 aliphatic heterocycles. The lowest BCUT2D eigenvalue weighted by molar-refractivity contribution is 0.314. The van der Waals surface area contributed by atoms with Gasteiger partial charge in [-0.25, -0.2) is 0 Å². The van der Waals surface area contributed by atoms with Crippen molar-refractivity contribution >= 4 is 23.1 Å². The zero-order valence-corrected chi connectivity index (χ0v) is 12.3. The molecule has 0 spiro atoms. The van der Waals surface area contributed by atoms with E-state index in [1.807, 2.05) is 36.9 Å². The second kappa shape index (κ2) is 7.50. The molecule has 0 atom stereocenters. The Hall–Kier alpha value is -1.07. The molecule has 1 fully saturated rings. The van der Waals surface area contributed by atoms with Crippen LogP contribution in [0.4, 0.5) is 11.4 Å². The van der Waals surface area contributed by atoms with E-state index >= 15 is 0 Å². The normalized spacial score (nSPS) is 16.3. The van der Waals surface area contributed by atoms with Crippen LogP contribution in [0.5, 0.6) is 5.75 Å². The first-order chi connectivity index (χ1) is 9.29. The van der Waals surface area contributed by atoms with E-state index in [1.54, 1.807) is 0 Å². The average Bonchev–Trinajstić information content (AvgIpc) is 2.44. The van der Waals surface area contributed by atoms with Crippen molar-refractivity contribution in [2.75, 3.05) is 55.3 Å². The van der Waals surface area contributed by atoms with Crippen molar-refractivity contribution in [2.45, 2.75) is 6.92 Å². The van der Waals surface area contributed by atoms with Crippen molar-refractivity contribution in [1.82, 2.24) is 4.90 Å². The lowest BCUT2D eigenvalue weighted by atomic mass is 10.2. The molecule has 4 nitrogen and oxygen atoms in total. The van der Waals surface area contributed by atoms with Gasteiger partial charge in [0.25, 0.3) is 0 Å². The molecule has 3 N–H and O–H groups in total. The van der Waals surface area contributed by atoms with Gasteiger partial charge in [-0.15, -0.1) is 0 Å². The molecule has 1 aromatic rings. The fourth-order valence-electron chi connectivity index (χ4n) is 2.11. The van der Waals surface area contributed by atoms with Crippen LogP contribution < -0.4 is 15.8 Å². The Morgan fingerprint density at radius 3 is 2.89 bits per heavy atom. The second-order valence-electron chi connectivity index (χ2n) is 4.57. The highest BCUT2D eigenvalue weighted by Gasteiger charge is 2.09. The number of benzene rings is 1. The molecule has 0 saturated carbocycles. The van der Waals surface area contributed by atoms with E-state index in [0.717, 1.165) is 24.5 Å². The Morgan fingerprint density at radius 1 is 1.37 bits per heavy atom. The molecular formula is C14H23N3OS.